The van der Waals surface area contributed by atoms with E-state index < -0.39 is 0 Å². The third-order valence-electron chi connectivity index (χ3n) is 2.22. The van der Waals surface area contributed by atoms with E-state index in [1.165, 1.54) is 11.8 Å². The maximum atomic E-state index is 11.7. The summed E-state index contributed by atoms with van der Waals surface area (Å²) < 4.78 is 0.912. The summed E-state index contributed by atoms with van der Waals surface area (Å²) in [5.41, 5.74) is 7.18. The van der Waals surface area contributed by atoms with Gasteiger partial charge in [0.1, 0.15) is 0 Å². The molecule has 0 saturated carbocycles. The monoisotopic (exact) mass is 279 g/mol. The molecule has 6 heteroatoms. The molecule has 0 spiro atoms. The van der Waals surface area contributed by atoms with Crippen molar-refractivity contribution >= 4 is 34.7 Å². The average molecular weight is 279 g/mol. The van der Waals surface area contributed by atoms with Crippen LogP contribution in [-0.2, 0) is 0 Å². The fourth-order valence-electron chi connectivity index (χ4n) is 1.38. The fraction of sp³-hybridized carbons (Fsp3) is 0.167. The molecule has 0 atom stereocenters. The molecule has 18 heavy (non-hydrogen) atoms. The highest BCUT2D eigenvalue weighted by atomic mass is 32.2. The highest BCUT2D eigenvalue weighted by molar-refractivity contribution is 8.01. The minimum absolute atomic E-state index is 0.0847. The van der Waals surface area contributed by atoms with Crippen LogP contribution in [0.5, 0.6) is 0 Å². The van der Waals surface area contributed by atoms with Crippen molar-refractivity contribution in [1.82, 2.24) is 10.3 Å². The van der Waals surface area contributed by atoms with Gasteiger partial charge in [0.05, 0.1) is 0 Å². The van der Waals surface area contributed by atoms with Gasteiger partial charge in [-0.3, -0.25) is 4.79 Å². The topological polar surface area (TPSA) is 68.0 Å². The molecule has 2 aromatic rings. The summed E-state index contributed by atoms with van der Waals surface area (Å²) in [5, 5.41) is 4.67. The van der Waals surface area contributed by atoms with Crippen LogP contribution >= 0.6 is 23.1 Å². The number of carbonyl (C=O) groups is 1. The molecule has 0 aliphatic carbocycles. The summed E-state index contributed by atoms with van der Waals surface area (Å²) in [6, 6.07) is 5.28. The zero-order valence-electron chi connectivity index (χ0n) is 9.84. The molecule has 0 saturated heterocycles. The zero-order valence-corrected chi connectivity index (χ0v) is 11.5. The Balaban J connectivity index is 2.24. The van der Waals surface area contributed by atoms with Gasteiger partial charge >= 0.3 is 0 Å². The second kappa shape index (κ2) is 5.88. The van der Waals surface area contributed by atoms with Crippen LogP contribution in [0.3, 0.4) is 0 Å². The smallest absolute Gasteiger partial charge is 0.251 e. The second-order valence-electron chi connectivity index (χ2n) is 3.51. The maximum Gasteiger partial charge on any atom is 0.251 e. The SMILES string of the molecule is CCNC(=O)c1ccc(N)c(Sc2nccs2)c1. The van der Waals surface area contributed by atoms with Crippen LogP contribution in [0.2, 0.25) is 0 Å². The lowest BCUT2D eigenvalue weighted by Gasteiger charge is -2.07. The molecule has 1 aromatic heterocycles. The number of thiazole rings is 1. The minimum atomic E-state index is -0.0847. The first-order valence-electron chi connectivity index (χ1n) is 5.45. The number of hydrogen-bond acceptors (Lipinski definition) is 5. The Morgan fingerprint density at radius 2 is 2.39 bits per heavy atom. The van der Waals surface area contributed by atoms with Gasteiger partial charge in [0.25, 0.3) is 5.91 Å². The standard InChI is InChI=1S/C12H13N3OS2/c1-2-14-11(16)8-3-4-9(13)10(7-8)18-12-15-5-6-17-12/h3-7H,2,13H2,1H3,(H,14,16). The molecule has 0 bridgehead atoms. The Hall–Kier alpha value is -1.53. The van der Waals surface area contributed by atoms with Crippen molar-refractivity contribution in [2.75, 3.05) is 12.3 Å². The molecule has 1 amide bonds. The molecule has 0 radical (unpaired) electrons. The number of carbonyl (C=O) groups excluding carboxylic acids is 1. The van der Waals surface area contributed by atoms with Crippen LogP contribution in [0.1, 0.15) is 17.3 Å². The summed E-state index contributed by atoms with van der Waals surface area (Å²) in [6.45, 7) is 2.50. The molecule has 0 aliphatic rings. The predicted octanol–water partition coefficient (Wildman–Crippen LogP) is 2.63. The van der Waals surface area contributed by atoms with Gasteiger partial charge in [-0.1, -0.05) is 11.8 Å². The van der Waals surface area contributed by atoms with Gasteiger partial charge in [-0.05, 0) is 25.1 Å². The maximum absolute atomic E-state index is 11.7. The van der Waals surface area contributed by atoms with Gasteiger partial charge in [-0.2, -0.15) is 0 Å². The van der Waals surface area contributed by atoms with Gasteiger partial charge in [0, 0.05) is 34.3 Å². The van der Waals surface area contributed by atoms with E-state index in [0.29, 0.717) is 17.8 Å². The molecule has 0 aliphatic heterocycles. The normalized spacial score (nSPS) is 10.3. The third-order valence-corrected chi connectivity index (χ3v) is 4.18. The molecule has 2 rings (SSSR count). The lowest BCUT2D eigenvalue weighted by molar-refractivity contribution is 0.0955. The summed E-state index contributed by atoms with van der Waals surface area (Å²) in [4.78, 5) is 16.8. The van der Waals surface area contributed by atoms with Gasteiger partial charge in [0.2, 0.25) is 0 Å². The van der Waals surface area contributed by atoms with Crippen molar-refractivity contribution in [2.24, 2.45) is 0 Å². The first-order valence-corrected chi connectivity index (χ1v) is 7.15. The second-order valence-corrected chi connectivity index (χ2v) is 5.70. The average Bonchev–Trinajstić information content (AvgIpc) is 2.85. The van der Waals surface area contributed by atoms with E-state index in [0.717, 1.165) is 9.24 Å². The van der Waals surface area contributed by atoms with Gasteiger partial charge in [-0.15, -0.1) is 11.3 Å². The Labute approximate surface area is 114 Å². The quantitative estimate of drug-likeness (QED) is 0.844. The number of nitrogens with zero attached hydrogens (tertiary/aromatic N) is 1. The van der Waals surface area contributed by atoms with E-state index in [9.17, 15) is 4.79 Å². The minimum Gasteiger partial charge on any atom is -0.398 e. The molecule has 3 N–H and O–H groups in total. The molecule has 1 aromatic carbocycles. The molecular formula is C12H13N3OS2. The third kappa shape index (κ3) is 3.02. The number of rotatable bonds is 4. The van der Waals surface area contributed by atoms with Gasteiger partial charge in [0.15, 0.2) is 4.34 Å². The first-order chi connectivity index (χ1) is 8.70. The molecule has 4 nitrogen and oxygen atoms in total. The molecular weight excluding hydrogens is 266 g/mol. The largest absolute Gasteiger partial charge is 0.398 e. The van der Waals surface area contributed by atoms with E-state index in [4.69, 9.17) is 5.73 Å². The summed E-state index contributed by atoms with van der Waals surface area (Å²) in [6.07, 6.45) is 1.75. The first kappa shape index (κ1) is 12.9. The van der Waals surface area contributed by atoms with Crippen LogP contribution in [0.4, 0.5) is 5.69 Å². The Kier molecular flexibility index (Phi) is 4.22. The number of aromatic nitrogens is 1. The van der Waals surface area contributed by atoms with Crippen LogP contribution in [0, 0.1) is 0 Å². The van der Waals surface area contributed by atoms with Crippen LogP contribution in [-0.4, -0.2) is 17.4 Å². The van der Waals surface area contributed by atoms with Crippen molar-refractivity contribution in [1.29, 1.82) is 0 Å². The predicted molar refractivity (Wildman–Crippen MR) is 75.1 cm³/mol. The summed E-state index contributed by atoms with van der Waals surface area (Å²) in [7, 11) is 0. The van der Waals surface area contributed by atoms with E-state index in [1.807, 2.05) is 12.3 Å². The number of benzene rings is 1. The molecule has 0 unspecified atom stereocenters. The Morgan fingerprint density at radius 1 is 1.56 bits per heavy atom. The Bertz CT molecular complexity index is 540. The zero-order chi connectivity index (χ0) is 13.0. The van der Waals surface area contributed by atoms with Gasteiger partial charge < -0.3 is 11.1 Å². The molecule has 0 fully saturated rings. The Morgan fingerprint density at radius 3 is 3.06 bits per heavy atom. The van der Waals surface area contributed by atoms with Crippen molar-refractivity contribution in [3.8, 4) is 0 Å². The van der Waals surface area contributed by atoms with Crippen molar-refractivity contribution < 1.29 is 4.79 Å². The number of anilines is 1. The van der Waals surface area contributed by atoms with Crippen molar-refractivity contribution in [3.63, 3.8) is 0 Å². The van der Waals surface area contributed by atoms with E-state index >= 15 is 0 Å². The lowest BCUT2D eigenvalue weighted by atomic mass is 10.2. The number of nitrogens with one attached hydrogen (secondary N) is 1. The van der Waals surface area contributed by atoms with Crippen molar-refractivity contribution in [2.45, 2.75) is 16.2 Å². The fourth-order valence-corrected chi connectivity index (χ4v) is 3.04. The molecule has 94 valence electrons. The summed E-state index contributed by atoms with van der Waals surface area (Å²) in [5.74, 6) is -0.0847. The lowest BCUT2D eigenvalue weighted by Crippen LogP contribution is -2.22. The van der Waals surface area contributed by atoms with Gasteiger partial charge in [-0.25, -0.2) is 4.98 Å². The van der Waals surface area contributed by atoms with Crippen LogP contribution < -0.4 is 11.1 Å². The van der Waals surface area contributed by atoms with E-state index in [-0.39, 0.29) is 5.91 Å². The summed E-state index contributed by atoms with van der Waals surface area (Å²) >= 11 is 3.02. The van der Waals surface area contributed by atoms with E-state index in [1.54, 1.807) is 35.7 Å². The number of nitrogen functional groups attached to an aromatic ring is 1. The van der Waals surface area contributed by atoms with E-state index in [2.05, 4.69) is 10.3 Å². The highest BCUT2D eigenvalue weighted by Crippen LogP contribution is 2.33. The highest BCUT2D eigenvalue weighted by Gasteiger charge is 2.09. The van der Waals surface area contributed by atoms with Crippen molar-refractivity contribution in [3.05, 3.63) is 35.3 Å². The number of nitrogens with two attached hydrogens (primary N) is 1. The number of hydrogen-bond donors (Lipinski definition) is 2. The van der Waals surface area contributed by atoms with Crippen LogP contribution in [0.25, 0.3) is 0 Å². The molecule has 1 heterocycles. The number of amides is 1. The van der Waals surface area contributed by atoms with Crippen LogP contribution in [0.15, 0.2) is 39.0 Å².